The second-order valence-electron chi connectivity index (χ2n) is 6.44. The lowest BCUT2D eigenvalue weighted by Crippen LogP contribution is -2.51. The van der Waals surface area contributed by atoms with Gasteiger partial charge in [-0.15, -0.1) is 11.3 Å². The number of hydrazine groups is 1. The van der Waals surface area contributed by atoms with Gasteiger partial charge in [-0.05, 0) is 44.2 Å². The van der Waals surface area contributed by atoms with Gasteiger partial charge >= 0.3 is 6.03 Å². The summed E-state index contributed by atoms with van der Waals surface area (Å²) < 4.78 is 0. The molecule has 3 rings (SSSR count). The molecule has 2 aliphatic heterocycles. The van der Waals surface area contributed by atoms with E-state index in [0.29, 0.717) is 6.42 Å². The fourth-order valence-corrected chi connectivity index (χ4v) is 4.08. The van der Waals surface area contributed by atoms with Crippen molar-refractivity contribution in [3.8, 4) is 0 Å². The van der Waals surface area contributed by atoms with Gasteiger partial charge in [0, 0.05) is 10.9 Å². The number of thiophene rings is 1. The zero-order chi connectivity index (χ0) is 17.3. The fourth-order valence-electron chi connectivity index (χ4n) is 3.19. The van der Waals surface area contributed by atoms with E-state index in [0.717, 1.165) is 24.4 Å². The fraction of sp³-hybridized carbons (Fsp3) is 0.562. The molecule has 2 N–H and O–H groups in total. The molecule has 8 heteroatoms. The Hall–Kier alpha value is -1.93. The van der Waals surface area contributed by atoms with Gasteiger partial charge in [-0.1, -0.05) is 13.0 Å². The molecule has 2 aliphatic rings. The van der Waals surface area contributed by atoms with Gasteiger partial charge < -0.3 is 5.32 Å². The molecular formula is C16H22N4O3S. The lowest BCUT2D eigenvalue weighted by atomic mass is 10.00. The summed E-state index contributed by atoms with van der Waals surface area (Å²) in [5.41, 5.74) is 1.51. The van der Waals surface area contributed by atoms with Crippen LogP contribution in [-0.4, -0.2) is 46.4 Å². The Balaban J connectivity index is 1.62. The smallest absolute Gasteiger partial charge is 0.322 e. The van der Waals surface area contributed by atoms with E-state index >= 15 is 0 Å². The van der Waals surface area contributed by atoms with Gasteiger partial charge in [-0.3, -0.25) is 19.9 Å². The third kappa shape index (κ3) is 3.03. The molecule has 1 aromatic rings. The highest BCUT2D eigenvalue weighted by Crippen LogP contribution is 2.34. The average Bonchev–Trinajstić information content (AvgIpc) is 3.25. The number of nitrogens with zero attached hydrogens (tertiary/aromatic N) is 2. The maximum atomic E-state index is 12.3. The van der Waals surface area contributed by atoms with Gasteiger partial charge in [-0.2, -0.15) is 5.01 Å². The third-order valence-corrected chi connectivity index (χ3v) is 5.76. The maximum Gasteiger partial charge on any atom is 0.344 e. The molecule has 4 amide bonds. The summed E-state index contributed by atoms with van der Waals surface area (Å²) in [7, 11) is 0. The first-order valence-corrected chi connectivity index (χ1v) is 9.06. The quantitative estimate of drug-likeness (QED) is 0.791. The summed E-state index contributed by atoms with van der Waals surface area (Å²) in [6.07, 6.45) is 2.52. The number of imide groups is 1. The SMILES string of the molecule is CC[C@@]1(C)NC(=O)N(NC(=O)CN2CCC[C@@H]2c2cccs2)C1=O. The van der Waals surface area contributed by atoms with Crippen LogP contribution >= 0.6 is 11.3 Å². The number of rotatable bonds is 5. The number of urea groups is 1. The van der Waals surface area contributed by atoms with Crippen molar-refractivity contribution in [3.05, 3.63) is 22.4 Å². The van der Waals surface area contributed by atoms with Crippen molar-refractivity contribution in [1.29, 1.82) is 0 Å². The summed E-state index contributed by atoms with van der Waals surface area (Å²) >= 11 is 1.69. The van der Waals surface area contributed by atoms with Crippen molar-refractivity contribution >= 4 is 29.2 Å². The van der Waals surface area contributed by atoms with Crippen LogP contribution in [0.4, 0.5) is 4.79 Å². The highest BCUT2D eigenvalue weighted by molar-refractivity contribution is 7.10. The molecule has 2 atom stereocenters. The lowest BCUT2D eigenvalue weighted by molar-refractivity contribution is -0.139. The molecule has 1 aromatic heterocycles. The van der Waals surface area contributed by atoms with Crippen molar-refractivity contribution in [3.63, 3.8) is 0 Å². The Labute approximate surface area is 145 Å². The molecule has 0 saturated carbocycles. The molecule has 0 bridgehead atoms. The summed E-state index contributed by atoms with van der Waals surface area (Å²) in [6, 6.07) is 3.75. The first kappa shape index (κ1) is 16.9. The van der Waals surface area contributed by atoms with Crippen LogP contribution in [-0.2, 0) is 9.59 Å². The van der Waals surface area contributed by atoms with Crippen molar-refractivity contribution in [2.45, 2.75) is 44.7 Å². The standard InChI is InChI=1S/C16H22N4O3S/c1-3-16(2)14(22)20(15(23)17-16)18-13(21)10-19-8-4-6-11(19)12-7-5-9-24-12/h5,7,9,11H,3-4,6,8,10H2,1-2H3,(H,17,23)(H,18,21)/t11-,16-/m1/s1. The average molecular weight is 350 g/mol. The van der Waals surface area contributed by atoms with Crippen LogP contribution in [0.25, 0.3) is 0 Å². The lowest BCUT2D eigenvalue weighted by Gasteiger charge is -2.24. The van der Waals surface area contributed by atoms with Crippen molar-refractivity contribution < 1.29 is 14.4 Å². The van der Waals surface area contributed by atoms with Crippen molar-refractivity contribution in [2.75, 3.05) is 13.1 Å². The van der Waals surface area contributed by atoms with E-state index in [4.69, 9.17) is 0 Å². The van der Waals surface area contributed by atoms with Crippen molar-refractivity contribution in [2.24, 2.45) is 0 Å². The van der Waals surface area contributed by atoms with Crippen LogP contribution in [0, 0.1) is 0 Å². The number of hydrogen-bond acceptors (Lipinski definition) is 5. The van der Waals surface area contributed by atoms with Crippen LogP contribution in [0.3, 0.4) is 0 Å². The summed E-state index contributed by atoms with van der Waals surface area (Å²) in [4.78, 5) is 39.9. The summed E-state index contributed by atoms with van der Waals surface area (Å²) in [6.45, 7) is 4.48. The monoisotopic (exact) mass is 350 g/mol. The summed E-state index contributed by atoms with van der Waals surface area (Å²) in [5.74, 6) is -0.762. The number of amides is 4. The van der Waals surface area contributed by atoms with E-state index in [1.807, 2.05) is 18.4 Å². The second kappa shape index (κ2) is 6.52. The van der Waals surface area contributed by atoms with E-state index in [2.05, 4.69) is 21.7 Å². The molecule has 0 spiro atoms. The molecular weight excluding hydrogens is 328 g/mol. The molecule has 130 valence electrons. The molecule has 0 radical (unpaired) electrons. The minimum absolute atomic E-state index is 0.169. The molecule has 2 saturated heterocycles. The third-order valence-electron chi connectivity index (χ3n) is 4.79. The minimum Gasteiger partial charge on any atom is -0.322 e. The first-order valence-electron chi connectivity index (χ1n) is 8.18. The zero-order valence-corrected chi connectivity index (χ0v) is 14.7. The predicted molar refractivity (Wildman–Crippen MR) is 90.1 cm³/mol. The van der Waals surface area contributed by atoms with Crippen LogP contribution in [0.15, 0.2) is 17.5 Å². The highest BCUT2D eigenvalue weighted by Gasteiger charge is 2.47. The number of likely N-dealkylation sites (tertiary alicyclic amines) is 1. The van der Waals surface area contributed by atoms with Gasteiger partial charge in [0.1, 0.15) is 5.54 Å². The van der Waals surface area contributed by atoms with Gasteiger partial charge in [0.15, 0.2) is 0 Å². The van der Waals surface area contributed by atoms with Crippen LogP contribution in [0.2, 0.25) is 0 Å². The van der Waals surface area contributed by atoms with Crippen molar-refractivity contribution in [1.82, 2.24) is 20.7 Å². The number of nitrogens with one attached hydrogen (secondary N) is 2. The van der Waals surface area contributed by atoms with Gasteiger partial charge in [0.2, 0.25) is 0 Å². The van der Waals surface area contributed by atoms with Crippen LogP contribution < -0.4 is 10.7 Å². The van der Waals surface area contributed by atoms with E-state index in [-0.39, 0.29) is 18.5 Å². The molecule has 0 aliphatic carbocycles. The normalized spacial score (nSPS) is 27.6. The molecule has 3 heterocycles. The topological polar surface area (TPSA) is 81.8 Å². The Bertz CT molecular complexity index is 648. The van der Waals surface area contributed by atoms with Gasteiger partial charge in [-0.25, -0.2) is 4.79 Å². The van der Waals surface area contributed by atoms with E-state index in [9.17, 15) is 14.4 Å². The van der Waals surface area contributed by atoms with E-state index in [1.165, 1.54) is 4.88 Å². The van der Waals surface area contributed by atoms with E-state index < -0.39 is 17.5 Å². The Kier molecular flexibility index (Phi) is 4.60. The molecule has 24 heavy (non-hydrogen) atoms. The van der Waals surface area contributed by atoms with E-state index in [1.54, 1.807) is 18.3 Å². The number of carbonyl (C=O) groups excluding carboxylic acids is 3. The van der Waals surface area contributed by atoms with Crippen LogP contribution in [0.1, 0.15) is 44.0 Å². The molecule has 7 nitrogen and oxygen atoms in total. The van der Waals surface area contributed by atoms with Gasteiger partial charge in [0.05, 0.1) is 6.54 Å². The zero-order valence-electron chi connectivity index (χ0n) is 13.9. The summed E-state index contributed by atoms with van der Waals surface area (Å²) in [5, 5.41) is 5.46. The minimum atomic E-state index is -0.947. The number of hydrogen-bond donors (Lipinski definition) is 2. The largest absolute Gasteiger partial charge is 0.344 e. The second-order valence-corrected chi connectivity index (χ2v) is 7.41. The van der Waals surface area contributed by atoms with Gasteiger partial charge in [0.25, 0.3) is 11.8 Å². The Morgan fingerprint density at radius 2 is 2.29 bits per heavy atom. The molecule has 0 unspecified atom stereocenters. The Morgan fingerprint density at radius 3 is 2.92 bits per heavy atom. The number of carbonyl (C=O) groups is 3. The first-order chi connectivity index (χ1) is 11.4. The predicted octanol–water partition coefficient (Wildman–Crippen LogP) is 1.64. The molecule has 2 fully saturated rings. The maximum absolute atomic E-state index is 12.3. The van der Waals surface area contributed by atoms with Crippen LogP contribution in [0.5, 0.6) is 0 Å². The highest BCUT2D eigenvalue weighted by atomic mass is 32.1. The Morgan fingerprint density at radius 1 is 1.50 bits per heavy atom. The molecule has 0 aromatic carbocycles.